The summed E-state index contributed by atoms with van der Waals surface area (Å²) in [4.78, 5) is 6.41. The van der Waals surface area contributed by atoms with Crippen molar-refractivity contribution in [3.63, 3.8) is 0 Å². The lowest BCUT2D eigenvalue weighted by atomic mass is 10.1. The molecule has 1 aromatic heterocycles. The second-order valence-electron chi connectivity index (χ2n) is 4.48. The highest BCUT2D eigenvalue weighted by Gasteiger charge is 2.30. The van der Waals surface area contributed by atoms with Gasteiger partial charge in [0.15, 0.2) is 5.96 Å². The zero-order valence-electron chi connectivity index (χ0n) is 10.5. The number of nitrogens with zero attached hydrogens (tertiary/aromatic N) is 4. The summed E-state index contributed by atoms with van der Waals surface area (Å²) in [6.07, 6.45) is 3.87. The molecule has 1 aromatic carbocycles. The van der Waals surface area contributed by atoms with Crippen LogP contribution >= 0.6 is 15.9 Å². The molecule has 6 heteroatoms. The number of aromatic nitrogens is 2. The van der Waals surface area contributed by atoms with Crippen LogP contribution in [-0.4, -0.2) is 22.3 Å². The van der Waals surface area contributed by atoms with Crippen LogP contribution in [-0.2, 0) is 7.05 Å². The number of aliphatic imine (C=N–C) groups is 1. The van der Waals surface area contributed by atoms with Gasteiger partial charge in [-0.2, -0.15) is 5.10 Å². The fourth-order valence-corrected chi connectivity index (χ4v) is 2.78. The Kier molecular flexibility index (Phi) is 3.02. The van der Waals surface area contributed by atoms with Gasteiger partial charge in [-0.05, 0) is 28.1 Å². The van der Waals surface area contributed by atoms with Crippen LogP contribution in [0.25, 0.3) is 0 Å². The standard InChI is InChI=1S/C13H14BrN5/c1-18-8-9(6-17-18)12-7-16-13(15)19(12)11-5-3-2-4-10(11)14/h2-6,8,12H,7H2,1H3,(H2,15,16). The van der Waals surface area contributed by atoms with Gasteiger partial charge in [-0.15, -0.1) is 0 Å². The molecule has 3 rings (SSSR count). The minimum atomic E-state index is 0.104. The van der Waals surface area contributed by atoms with Gasteiger partial charge in [-0.25, -0.2) is 0 Å². The van der Waals surface area contributed by atoms with Crippen LogP contribution < -0.4 is 10.6 Å². The Balaban J connectivity index is 2.02. The van der Waals surface area contributed by atoms with E-state index in [0.29, 0.717) is 12.5 Å². The number of rotatable bonds is 2. The number of hydrogen-bond donors (Lipinski definition) is 1. The van der Waals surface area contributed by atoms with Crippen LogP contribution in [0.1, 0.15) is 11.6 Å². The van der Waals surface area contributed by atoms with Crippen molar-refractivity contribution in [3.05, 3.63) is 46.7 Å². The predicted molar refractivity (Wildman–Crippen MR) is 79.1 cm³/mol. The molecular weight excluding hydrogens is 306 g/mol. The van der Waals surface area contributed by atoms with Crippen LogP contribution in [0.15, 0.2) is 46.1 Å². The summed E-state index contributed by atoms with van der Waals surface area (Å²) in [7, 11) is 1.91. The van der Waals surface area contributed by atoms with E-state index in [4.69, 9.17) is 5.73 Å². The summed E-state index contributed by atoms with van der Waals surface area (Å²) >= 11 is 3.57. The van der Waals surface area contributed by atoms with Gasteiger partial charge in [0.05, 0.1) is 24.5 Å². The van der Waals surface area contributed by atoms with Crippen molar-refractivity contribution < 1.29 is 0 Å². The van der Waals surface area contributed by atoms with Gasteiger partial charge >= 0.3 is 0 Å². The van der Waals surface area contributed by atoms with Crippen molar-refractivity contribution in [1.82, 2.24) is 9.78 Å². The van der Waals surface area contributed by atoms with Crippen LogP contribution in [0.5, 0.6) is 0 Å². The maximum atomic E-state index is 6.04. The molecule has 1 unspecified atom stereocenters. The molecule has 5 nitrogen and oxygen atoms in total. The predicted octanol–water partition coefficient (Wildman–Crippen LogP) is 2.06. The molecule has 0 saturated carbocycles. The molecule has 0 saturated heterocycles. The lowest BCUT2D eigenvalue weighted by Gasteiger charge is -2.26. The van der Waals surface area contributed by atoms with Gasteiger partial charge in [0.2, 0.25) is 0 Å². The largest absolute Gasteiger partial charge is 0.369 e. The van der Waals surface area contributed by atoms with E-state index in [1.54, 1.807) is 4.68 Å². The molecule has 0 fully saturated rings. The minimum absolute atomic E-state index is 0.104. The average Bonchev–Trinajstić information content (AvgIpc) is 2.96. The lowest BCUT2D eigenvalue weighted by molar-refractivity contribution is 0.751. The Labute approximate surface area is 119 Å². The molecule has 1 aliphatic rings. The topological polar surface area (TPSA) is 59.4 Å². The summed E-state index contributed by atoms with van der Waals surface area (Å²) in [6, 6.07) is 8.11. The third kappa shape index (κ3) is 2.12. The highest BCUT2D eigenvalue weighted by Crippen LogP contribution is 2.35. The number of hydrogen-bond acceptors (Lipinski definition) is 4. The van der Waals surface area contributed by atoms with Gasteiger partial charge in [-0.1, -0.05) is 12.1 Å². The number of halogens is 1. The van der Waals surface area contributed by atoms with Gasteiger partial charge < -0.3 is 10.6 Å². The smallest absolute Gasteiger partial charge is 0.196 e. The first-order valence-corrected chi connectivity index (χ1v) is 6.78. The van der Waals surface area contributed by atoms with E-state index >= 15 is 0 Å². The number of anilines is 1. The summed E-state index contributed by atoms with van der Waals surface area (Å²) in [6.45, 7) is 0.652. The molecule has 2 aromatic rings. The minimum Gasteiger partial charge on any atom is -0.369 e. The molecule has 98 valence electrons. The molecule has 0 aliphatic carbocycles. The van der Waals surface area contributed by atoms with Crippen molar-refractivity contribution in [2.45, 2.75) is 6.04 Å². The lowest BCUT2D eigenvalue weighted by Crippen LogP contribution is -2.36. The van der Waals surface area contributed by atoms with E-state index < -0.39 is 0 Å². The van der Waals surface area contributed by atoms with Crippen LogP contribution in [0, 0.1) is 0 Å². The fraction of sp³-hybridized carbons (Fsp3) is 0.231. The summed E-state index contributed by atoms with van der Waals surface area (Å²) in [5.41, 5.74) is 8.18. The highest BCUT2D eigenvalue weighted by atomic mass is 79.9. The second kappa shape index (κ2) is 4.70. The van der Waals surface area contributed by atoms with Crippen molar-refractivity contribution in [2.24, 2.45) is 17.8 Å². The quantitative estimate of drug-likeness (QED) is 0.921. The number of nitrogens with two attached hydrogens (primary N) is 1. The highest BCUT2D eigenvalue weighted by molar-refractivity contribution is 9.10. The number of benzene rings is 1. The molecule has 2 N–H and O–H groups in total. The third-order valence-corrected chi connectivity index (χ3v) is 3.88. The number of aryl methyl sites for hydroxylation is 1. The molecule has 0 spiro atoms. The van der Waals surface area contributed by atoms with E-state index in [1.807, 2.05) is 48.6 Å². The van der Waals surface area contributed by atoms with E-state index in [1.165, 1.54) is 0 Å². The normalized spacial score (nSPS) is 18.7. The third-order valence-electron chi connectivity index (χ3n) is 3.21. The first-order chi connectivity index (χ1) is 9.16. The maximum Gasteiger partial charge on any atom is 0.196 e. The second-order valence-corrected chi connectivity index (χ2v) is 5.34. The first-order valence-electron chi connectivity index (χ1n) is 5.99. The van der Waals surface area contributed by atoms with Crippen LogP contribution in [0.2, 0.25) is 0 Å². The van der Waals surface area contributed by atoms with Crippen molar-refractivity contribution in [2.75, 3.05) is 11.4 Å². The molecule has 0 radical (unpaired) electrons. The first kappa shape index (κ1) is 12.2. The molecule has 0 amide bonds. The van der Waals surface area contributed by atoms with Crippen LogP contribution in [0.3, 0.4) is 0 Å². The SMILES string of the molecule is Cn1cc(C2CN=C(N)N2c2ccccc2Br)cn1. The van der Waals surface area contributed by atoms with E-state index in [2.05, 4.69) is 26.0 Å². The molecule has 1 atom stereocenters. The summed E-state index contributed by atoms with van der Waals surface area (Å²) < 4.78 is 2.80. The average molecular weight is 320 g/mol. The van der Waals surface area contributed by atoms with Crippen molar-refractivity contribution in [1.29, 1.82) is 0 Å². The Hall–Kier alpha value is -1.82. The molecule has 1 aliphatic heterocycles. The van der Waals surface area contributed by atoms with E-state index in [-0.39, 0.29) is 6.04 Å². The Morgan fingerprint density at radius 2 is 2.16 bits per heavy atom. The van der Waals surface area contributed by atoms with Gasteiger partial charge in [0, 0.05) is 23.3 Å². The zero-order chi connectivity index (χ0) is 13.4. The van der Waals surface area contributed by atoms with Crippen molar-refractivity contribution in [3.8, 4) is 0 Å². The zero-order valence-corrected chi connectivity index (χ0v) is 12.1. The maximum absolute atomic E-state index is 6.04. The Morgan fingerprint density at radius 1 is 1.37 bits per heavy atom. The summed E-state index contributed by atoms with van der Waals surface area (Å²) in [5.74, 6) is 0.542. The number of guanidine groups is 1. The van der Waals surface area contributed by atoms with E-state index in [0.717, 1.165) is 15.7 Å². The molecule has 2 heterocycles. The van der Waals surface area contributed by atoms with Gasteiger partial charge in [0.1, 0.15) is 0 Å². The monoisotopic (exact) mass is 319 g/mol. The molecular formula is C13H14BrN5. The fourth-order valence-electron chi connectivity index (χ4n) is 2.30. The number of para-hydroxylation sites is 1. The van der Waals surface area contributed by atoms with Gasteiger partial charge in [-0.3, -0.25) is 9.67 Å². The van der Waals surface area contributed by atoms with Gasteiger partial charge in [0.25, 0.3) is 0 Å². The van der Waals surface area contributed by atoms with Crippen molar-refractivity contribution >= 4 is 27.6 Å². The molecule has 19 heavy (non-hydrogen) atoms. The van der Waals surface area contributed by atoms with E-state index in [9.17, 15) is 0 Å². The van der Waals surface area contributed by atoms with Crippen LogP contribution in [0.4, 0.5) is 5.69 Å². The summed E-state index contributed by atoms with van der Waals surface area (Å²) in [5, 5.41) is 4.22. The Morgan fingerprint density at radius 3 is 2.84 bits per heavy atom. The Bertz CT molecular complexity index is 633. The molecule has 0 bridgehead atoms.